The molecule has 0 aliphatic heterocycles. The van der Waals surface area contributed by atoms with E-state index in [0.29, 0.717) is 0 Å². The number of hydrogen-bond acceptors (Lipinski definition) is 0. The molecular formula is C16H13Br. The SMILES string of the molecule is Brc1cccc(C2=CCCc3ccccc32)c1. The van der Waals surface area contributed by atoms with Gasteiger partial charge in [-0.2, -0.15) is 0 Å². The van der Waals surface area contributed by atoms with Gasteiger partial charge in [0, 0.05) is 4.47 Å². The first-order valence-corrected chi connectivity index (χ1v) is 6.68. The minimum absolute atomic E-state index is 1.14. The van der Waals surface area contributed by atoms with Crippen LogP contribution in [0.4, 0.5) is 0 Å². The van der Waals surface area contributed by atoms with Gasteiger partial charge in [-0.15, -0.1) is 0 Å². The van der Waals surface area contributed by atoms with Gasteiger partial charge in [-0.05, 0) is 47.2 Å². The van der Waals surface area contributed by atoms with Crippen LogP contribution in [0.3, 0.4) is 0 Å². The van der Waals surface area contributed by atoms with Crippen LogP contribution in [-0.4, -0.2) is 0 Å². The number of hydrogen-bond donors (Lipinski definition) is 0. The third kappa shape index (κ3) is 2.07. The summed E-state index contributed by atoms with van der Waals surface area (Å²) in [6, 6.07) is 17.2. The highest BCUT2D eigenvalue weighted by molar-refractivity contribution is 9.10. The predicted octanol–water partition coefficient (Wildman–Crippen LogP) is 4.83. The lowest BCUT2D eigenvalue weighted by Crippen LogP contribution is -2.00. The van der Waals surface area contributed by atoms with Gasteiger partial charge in [0.2, 0.25) is 0 Å². The van der Waals surface area contributed by atoms with Crippen molar-refractivity contribution >= 4 is 21.5 Å². The van der Waals surface area contributed by atoms with Crippen molar-refractivity contribution in [3.8, 4) is 0 Å². The molecule has 0 N–H and O–H groups in total. The maximum absolute atomic E-state index is 3.54. The summed E-state index contributed by atoms with van der Waals surface area (Å²) in [5.41, 5.74) is 5.52. The Morgan fingerprint density at radius 3 is 2.71 bits per heavy atom. The molecule has 0 unspecified atom stereocenters. The normalized spacial score (nSPS) is 14.1. The van der Waals surface area contributed by atoms with E-state index in [2.05, 4.69) is 70.5 Å². The average Bonchev–Trinajstić information content (AvgIpc) is 2.38. The number of fused-ring (bicyclic) bond motifs is 1. The van der Waals surface area contributed by atoms with Crippen LogP contribution in [0.1, 0.15) is 23.1 Å². The van der Waals surface area contributed by atoms with E-state index in [1.807, 2.05) is 0 Å². The topological polar surface area (TPSA) is 0 Å². The molecule has 0 fully saturated rings. The zero-order chi connectivity index (χ0) is 11.7. The summed E-state index contributed by atoms with van der Waals surface area (Å²) in [5, 5.41) is 0. The van der Waals surface area contributed by atoms with Gasteiger partial charge in [-0.3, -0.25) is 0 Å². The molecule has 0 atom stereocenters. The molecule has 2 aromatic carbocycles. The molecule has 1 heteroatoms. The van der Waals surface area contributed by atoms with Crippen LogP contribution < -0.4 is 0 Å². The smallest absolute Gasteiger partial charge is 0.0181 e. The highest BCUT2D eigenvalue weighted by Gasteiger charge is 2.13. The highest BCUT2D eigenvalue weighted by Crippen LogP contribution is 2.32. The molecule has 0 aromatic heterocycles. The number of benzene rings is 2. The molecule has 0 heterocycles. The molecule has 0 saturated carbocycles. The van der Waals surface area contributed by atoms with Crippen molar-refractivity contribution in [2.75, 3.05) is 0 Å². The minimum atomic E-state index is 1.14. The van der Waals surface area contributed by atoms with Gasteiger partial charge in [0.05, 0.1) is 0 Å². The Morgan fingerprint density at radius 2 is 1.82 bits per heavy atom. The number of halogens is 1. The second kappa shape index (κ2) is 4.50. The van der Waals surface area contributed by atoms with E-state index in [1.54, 1.807) is 0 Å². The van der Waals surface area contributed by atoms with Gasteiger partial charge in [-0.1, -0.05) is 58.4 Å². The summed E-state index contributed by atoms with van der Waals surface area (Å²) >= 11 is 3.54. The molecule has 0 amide bonds. The van der Waals surface area contributed by atoms with Crippen molar-refractivity contribution < 1.29 is 0 Å². The summed E-state index contributed by atoms with van der Waals surface area (Å²) in [6.45, 7) is 0. The fourth-order valence-corrected chi connectivity index (χ4v) is 2.81. The standard InChI is InChI=1S/C16H13Br/c17-14-8-3-7-13(11-14)16-10-4-6-12-5-1-2-9-15(12)16/h1-3,5,7-11H,4,6H2. The van der Waals surface area contributed by atoms with Gasteiger partial charge in [-0.25, -0.2) is 0 Å². The summed E-state index contributed by atoms with van der Waals surface area (Å²) in [7, 11) is 0. The van der Waals surface area contributed by atoms with Crippen LogP contribution in [0.2, 0.25) is 0 Å². The summed E-state index contributed by atoms with van der Waals surface area (Å²) in [5.74, 6) is 0. The van der Waals surface area contributed by atoms with Crippen molar-refractivity contribution in [3.63, 3.8) is 0 Å². The summed E-state index contributed by atoms with van der Waals surface area (Å²) in [4.78, 5) is 0. The minimum Gasteiger partial charge on any atom is -0.0757 e. The van der Waals surface area contributed by atoms with E-state index in [0.717, 1.165) is 17.3 Å². The highest BCUT2D eigenvalue weighted by atomic mass is 79.9. The van der Waals surface area contributed by atoms with Crippen molar-refractivity contribution in [2.24, 2.45) is 0 Å². The van der Waals surface area contributed by atoms with Gasteiger partial charge in [0.25, 0.3) is 0 Å². The van der Waals surface area contributed by atoms with E-state index >= 15 is 0 Å². The first-order valence-electron chi connectivity index (χ1n) is 5.89. The van der Waals surface area contributed by atoms with Gasteiger partial charge >= 0.3 is 0 Å². The third-order valence-electron chi connectivity index (χ3n) is 3.21. The van der Waals surface area contributed by atoms with E-state index in [4.69, 9.17) is 0 Å². The first kappa shape index (κ1) is 10.8. The Morgan fingerprint density at radius 1 is 0.941 bits per heavy atom. The summed E-state index contributed by atoms with van der Waals surface area (Å²) < 4.78 is 1.14. The van der Waals surface area contributed by atoms with E-state index < -0.39 is 0 Å². The summed E-state index contributed by atoms with van der Waals surface area (Å²) in [6.07, 6.45) is 4.65. The van der Waals surface area contributed by atoms with Crippen LogP contribution in [0.15, 0.2) is 59.1 Å². The van der Waals surface area contributed by atoms with E-state index in [9.17, 15) is 0 Å². The molecule has 17 heavy (non-hydrogen) atoms. The molecular weight excluding hydrogens is 272 g/mol. The van der Waals surface area contributed by atoms with Crippen molar-refractivity contribution in [1.29, 1.82) is 0 Å². The quantitative estimate of drug-likeness (QED) is 0.704. The maximum Gasteiger partial charge on any atom is 0.0181 e. The van der Waals surface area contributed by atoms with Crippen LogP contribution in [0, 0.1) is 0 Å². The molecule has 0 nitrogen and oxygen atoms in total. The van der Waals surface area contributed by atoms with E-state index in [-0.39, 0.29) is 0 Å². The maximum atomic E-state index is 3.54. The zero-order valence-corrected chi connectivity index (χ0v) is 11.1. The molecule has 0 radical (unpaired) electrons. The lowest BCUT2D eigenvalue weighted by Gasteiger charge is -2.18. The Bertz CT molecular complexity index is 582. The third-order valence-corrected chi connectivity index (χ3v) is 3.70. The second-order valence-corrected chi connectivity index (χ2v) is 5.24. The van der Waals surface area contributed by atoms with Crippen molar-refractivity contribution in [1.82, 2.24) is 0 Å². The van der Waals surface area contributed by atoms with Crippen LogP contribution in [-0.2, 0) is 6.42 Å². The monoisotopic (exact) mass is 284 g/mol. The fourth-order valence-electron chi connectivity index (χ4n) is 2.41. The molecule has 2 aromatic rings. The van der Waals surface area contributed by atoms with E-state index in [1.165, 1.54) is 22.3 Å². The number of rotatable bonds is 1. The zero-order valence-electron chi connectivity index (χ0n) is 9.49. The lowest BCUT2D eigenvalue weighted by molar-refractivity contribution is 0.977. The van der Waals surface area contributed by atoms with Gasteiger partial charge in [0.15, 0.2) is 0 Å². The molecule has 84 valence electrons. The predicted molar refractivity (Wildman–Crippen MR) is 76.0 cm³/mol. The first-order chi connectivity index (χ1) is 8.34. The Labute approximate surface area is 110 Å². The Hall–Kier alpha value is -1.34. The lowest BCUT2D eigenvalue weighted by atomic mass is 9.87. The van der Waals surface area contributed by atoms with Crippen LogP contribution >= 0.6 is 15.9 Å². The molecule has 1 aliphatic rings. The fraction of sp³-hybridized carbons (Fsp3) is 0.125. The number of aryl methyl sites for hydroxylation is 1. The van der Waals surface area contributed by atoms with Crippen molar-refractivity contribution in [3.05, 3.63) is 75.8 Å². The van der Waals surface area contributed by atoms with Crippen LogP contribution in [0.25, 0.3) is 5.57 Å². The van der Waals surface area contributed by atoms with Gasteiger partial charge in [0.1, 0.15) is 0 Å². The Balaban J connectivity index is 2.13. The van der Waals surface area contributed by atoms with Gasteiger partial charge < -0.3 is 0 Å². The largest absolute Gasteiger partial charge is 0.0757 e. The second-order valence-electron chi connectivity index (χ2n) is 4.32. The van der Waals surface area contributed by atoms with Crippen LogP contribution in [0.5, 0.6) is 0 Å². The molecule has 0 spiro atoms. The van der Waals surface area contributed by atoms with Crippen molar-refractivity contribution in [2.45, 2.75) is 12.8 Å². The molecule has 3 rings (SSSR count). The Kier molecular flexibility index (Phi) is 2.86. The average molecular weight is 285 g/mol. The number of allylic oxidation sites excluding steroid dienone is 1. The molecule has 1 aliphatic carbocycles. The molecule has 0 bridgehead atoms. The molecule has 0 saturated heterocycles.